The first kappa shape index (κ1) is 17.4. The van der Waals surface area contributed by atoms with Crippen molar-refractivity contribution in [2.24, 2.45) is 0 Å². The van der Waals surface area contributed by atoms with Crippen LogP contribution in [-0.4, -0.2) is 16.6 Å². The number of hydrogen-bond acceptors (Lipinski definition) is 5. The number of thioether (sulfide) groups is 1. The van der Waals surface area contributed by atoms with E-state index in [1.807, 2.05) is 31.2 Å². The molecule has 3 rings (SSSR count). The Labute approximate surface area is 157 Å². The fourth-order valence-electron chi connectivity index (χ4n) is 1.99. The Balaban J connectivity index is 1.56. The van der Waals surface area contributed by atoms with Gasteiger partial charge >= 0.3 is 0 Å². The fourth-order valence-corrected chi connectivity index (χ4v) is 3.85. The Hall–Kier alpha value is -1.47. The van der Waals surface area contributed by atoms with E-state index < -0.39 is 0 Å². The second-order valence-corrected chi connectivity index (χ2v) is 7.88. The number of fused-ring (bicyclic) bond motifs is 1. The van der Waals surface area contributed by atoms with Gasteiger partial charge < -0.3 is 0 Å². The van der Waals surface area contributed by atoms with Gasteiger partial charge in [-0.1, -0.05) is 34.5 Å². The molecule has 0 radical (unpaired) electrons. The molecule has 1 heterocycles. The summed E-state index contributed by atoms with van der Waals surface area (Å²) < 4.78 is 1.02. The Morgan fingerprint density at radius 3 is 2.71 bits per heavy atom. The van der Waals surface area contributed by atoms with Gasteiger partial charge in [-0.15, -0.1) is 11.8 Å². The average Bonchev–Trinajstić information content (AvgIpc) is 3.00. The molecule has 0 fully saturated rings. The zero-order valence-corrected chi connectivity index (χ0v) is 15.7. The number of hydrogen-bond donors (Lipinski definition) is 2. The van der Waals surface area contributed by atoms with Crippen LogP contribution in [0.2, 0.25) is 10.0 Å². The highest BCUT2D eigenvalue weighted by atomic mass is 35.5. The normalized spacial score (nSPS) is 10.8. The second-order valence-electron chi connectivity index (χ2n) is 4.95. The van der Waals surface area contributed by atoms with Crippen LogP contribution < -0.4 is 10.9 Å². The lowest BCUT2D eigenvalue weighted by molar-refractivity contribution is -0.118. The Bertz CT molecular complexity index is 881. The zero-order chi connectivity index (χ0) is 17.1. The van der Waals surface area contributed by atoms with Gasteiger partial charge in [0.15, 0.2) is 0 Å². The van der Waals surface area contributed by atoms with Gasteiger partial charge in [0.2, 0.25) is 11.0 Å². The molecule has 0 aliphatic heterocycles. The van der Waals surface area contributed by atoms with E-state index in [4.69, 9.17) is 23.2 Å². The summed E-state index contributed by atoms with van der Waals surface area (Å²) in [5.74, 6) is 0.161. The van der Waals surface area contributed by atoms with Crippen molar-refractivity contribution in [1.82, 2.24) is 10.4 Å². The minimum Gasteiger partial charge on any atom is -0.273 e. The molecule has 0 spiro atoms. The van der Waals surface area contributed by atoms with Gasteiger partial charge in [0.25, 0.3) is 0 Å². The van der Waals surface area contributed by atoms with Crippen LogP contribution in [0, 0.1) is 6.92 Å². The van der Waals surface area contributed by atoms with Gasteiger partial charge in [-0.3, -0.25) is 15.6 Å². The lowest BCUT2D eigenvalue weighted by atomic mass is 10.2. The monoisotopic (exact) mass is 397 g/mol. The molecule has 1 amide bonds. The van der Waals surface area contributed by atoms with Crippen LogP contribution in [0.15, 0.2) is 41.3 Å². The maximum absolute atomic E-state index is 11.9. The van der Waals surface area contributed by atoms with E-state index in [0.29, 0.717) is 20.9 Å². The highest BCUT2D eigenvalue weighted by molar-refractivity contribution is 8.00. The van der Waals surface area contributed by atoms with E-state index in [0.717, 1.165) is 20.7 Å². The SMILES string of the molecule is Cc1c(Cl)ccc2sc(NNC(=O)CSc3ccc(Cl)cc3)nc12. The molecule has 0 aliphatic carbocycles. The fraction of sp³-hybridized carbons (Fsp3) is 0.125. The summed E-state index contributed by atoms with van der Waals surface area (Å²) in [6.07, 6.45) is 0. The molecule has 4 nitrogen and oxygen atoms in total. The number of benzene rings is 2. The first-order valence-corrected chi connectivity index (χ1v) is 9.57. The zero-order valence-electron chi connectivity index (χ0n) is 12.6. The highest BCUT2D eigenvalue weighted by Crippen LogP contribution is 2.31. The van der Waals surface area contributed by atoms with E-state index in [-0.39, 0.29) is 5.91 Å². The van der Waals surface area contributed by atoms with Gasteiger partial charge in [0.05, 0.1) is 16.0 Å². The largest absolute Gasteiger partial charge is 0.273 e. The predicted molar refractivity (Wildman–Crippen MR) is 103 cm³/mol. The summed E-state index contributed by atoms with van der Waals surface area (Å²) in [7, 11) is 0. The third-order valence-electron chi connectivity index (χ3n) is 3.24. The van der Waals surface area contributed by atoms with Crippen LogP contribution in [0.3, 0.4) is 0 Å². The maximum Gasteiger partial charge on any atom is 0.248 e. The van der Waals surface area contributed by atoms with E-state index in [1.165, 1.54) is 23.1 Å². The third kappa shape index (κ3) is 4.13. The van der Waals surface area contributed by atoms with E-state index >= 15 is 0 Å². The molecule has 124 valence electrons. The number of halogens is 2. The first-order chi connectivity index (χ1) is 11.5. The number of nitrogens with one attached hydrogen (secondary N) is 2. The van der Waals surface area contributed by atoms with Gasteiger partial charge in [-0.25, -0.2) is 4.98 Å². The Morgan fingerprint density at radius 1 is 1.21 bits per heavy atom. The standard InChI is InChI=1S/C16H13Cl2N3OS2/c1-9-12(18)6-7-13-15(9)19-16(24-13)21-20-14(22)8-23-11-4-2-10(17)3-5-11/h2-7H,8H2,1H3,(H,19,21)(H,20,22). The Kier molecular flexibility index (Phi) is 5.50. The smallest absolute Gasteiger partial charge is 0.248 e. The quantitative estimate of drug-likeness (QED) is 0.461. The first-order valence-electron chi connectivity index (χ1n) is 7.02. The molecule has 0 unspecified atom stereocenters. The van der Waals surface area contributed by atoms with Gasteiger partial charge in [-0.05, 0) is 48.9 Å². The van der Waals surface area contributed by atoms with Crippen LogP contribution in [0.25, 0.3) is 10.2 Å². The molecule has 2 N–H and O–H groups in total. The van der Waals surface area contributed by atoms with Gasteiger partial charge in [0, 0.05) is 14.9 Å². The number of anilines is 1. The summed E-state index contributed by atoms with van der Waals surface area (Å²) in [5.41, 5.74) is 7.29. The van der Waals surface area contributed by atoms with Crippen LogP contribution in [0.1, 0.15) is 5.56 Å². The number of carbonyl (C=O) groups excluding carboxylic acids is 1. The van der Waals surface area contributed by atoms with E-state index in [2.05, 4.69) is 15.8 Å². The van der Waals surface area contributed by atoms with Crippen LogP contribution >= 0.6 is 46.3 Å². The molecular formula is C16H13Cl2N3OS2. The lowest BCUT2D eigenvalue weighted by Gasteiger charge is -2.05. The number of aromatic nitrogens is 1. The topological polar surface area (TPSA) is 54.0 Å². The second kappa shape index (κ2) is 7.61. The van der Waals surface area contributed by atoms with Crippen LogP contribution in [0.4, 0.5) is 5.13 Å². The predicted octanol–water partition coefficient (Wildman–Crippen LogP) is 5.15. The van der Waals surface area contributed by atoms with Crippen molar-refractivity contribution in [1.29, 1.82) is 0 Å². The summed E-state index contributed by atoms with van der Waals surface area (Å²) in [5, 5.41) is 1.99. The van der Waals surface area contributed by atoms with Crippen molar-refractivity contribution in [2.75, 3.05) is 11.2 Å². The third-order valence-corrected chi connectivity index (χ3v) is 5.85. The van der Waals surface area contributed by atoms with Gasteiger partial charge in [0.1, 0.15) is 0 Å². The summed E-state index contributed by atoms with van der Waals surface area (Å²) >= 11 is 14.8. The molecule has 0 aliphatic rings. The molecule has 24 heavy (non-hydrogen) atoms. The number of nitrogens with zero attached hydrogens (tertiary/aromatic N) is 1. The van der Waals surface area contributed by atoms with Crippen molar-refractivity contribution in [2.45, 2.75) is 11.8 Å². The molecule has 0 saturated heterocycles. The van der Waals surface area contributed by atoms with Crippen molar-refractivity contribution < 1.29 is 4.79 Å². The van der Waals surface area contributed by atoms with Gasteiger partial charge in [-0.2, -0.15) is 0 Å². The number of rotatable bonds is 5. The van der Waals surface area contributed by atoms with E-state index in [9.17, 15) is 4.79 Å². The molecule has 0 bridgehead atoms. The minimum atomic E-state index is -0.135. The van der Waals surface area contributed by atoms with E-state index in [1.54, 1.807) is 12.1 Å². The molecular weight excluding hydrogens is 385 g/mol. The summed E-state index contributed by atoms with van der Waals surface area (Å²) in [6.45, 7) is 1.93. The molecule has 3 aromatic rings. The van der Waals surface area contributed by atoms with Crippen LogP contribution in [0.5, 0.6) is 0 Å². The molecule has 8 heteroatoms. The molecule has 0 atom stereocenters. The van der Waals surface area contributed by atoms with Crippen molar-refractivity contribution >= 4 is 67.6 Å². The minimum absolute atomic E-state index is 0.135. The molecule has 0 saturated carbocycles. The number of carbonyl (C=O) groups is 1. The maximum atomic E-state index is 11.9. The summed E-state index contributed by atoms with van der Waals surface area (Å²) in [4.78, 5) is 17.4. The van der Waals surface area contributed by atoms with Crippen LogP contribution in [-0.2, 0) is 4.79 Å². The highest BCUT2D eigenvalue weighted by Gasteiger charge is 2.09. The Morgan fingerprint density at radius 2 is 1.96 bits per heavy atom. The molecule has 1 aromatic heterocycles. The lowest BCUT2D eigenvalue weighted by Crippen LogP contribution is -2.30. The number of thiazole rings is 1. The average molecular weight is 398 g/mol. The van der Waals surface area contributed by atoms with Crippen molar-refractivity contribution in [3.8, 4) is 0 Å². The van der Waals surface area contributed by atoms with Crippen molar-refractivity contribution in [3.05, 3.63) is 52.0 Å². The number of amides is 1. The summed E-state index contributed by atoms with van der Waals surface area (Å²) in [6, 6.07) is 11.1. The molecule has 2 aromatic carbocycles. The number of aryl methyl sites for hydroxylation is 1. The van der Waals surface area contributed by atoms with Crippen molar-refractivity contribution in [3.63, 3.8) is 0 Å². The number of hydrazine groups is 1.